The van der Waals surface area contributed by atoms with Crippen molar-refractivity contribution in [1.29, 1.82) is 0 Å². The highest BCUT2D eigenvalue weighted by molar-refractivity contribution is 6.10. The lowest BCUT2D eigenvalue weighted by atomic mass is 9.73. The molecule has 1 amide bonds. The van der Waals surface area contributed by atoms with Gasteiger partial charge in [-0.05, 0) is 36.0 Å². The van der Waals surface area contributed by atoms with Crippen molar-refractivity contribution >= 4 is 33.5 Å². The Balaban J connectivity index is 1.60. The number of amides is 1. The number of carbonyl (C=O) groups excluding carboxylic acids is 1. The molecule has 2 N–H and O–H groups in total. The van der Waals surface area contributed by atoms with Gasteiger partial charge in [0.2, 0.25) is 0 Å². The van der Waals surface area contributed by atoms with Crippen LogP contribution in [0, 0.1) is 11.2 Å². The quantitative estimate of drug-likeness (QED) is 0.390. The molecule has 0 saturated heterocycles. The van der Waals surface area contributed by atoms with Gasteiger partial charge in [0.1, 0.15) is 17.3 Å². The van der Waals surface area contributed by atoms with Crippen molar-refractivity contribution in [1.82, 2.24) is 24.6 Å². The van der Waals surface area contributed by atoms with Gasteiger partial charge < -0.3 is 10.6 Å². The maximum absolute atomic E-state index is 15.2. The van der Waals surface area contributed by atoms with E-state index >= 15 is 4.39 Å². The first kappa shape index (κ1) is 24.0. The van der Waals surface area contributed by atoms with Gasteiger partial charge in [0.05, 0.1) is 34.2 Å². The van der Waals surface area contributed by atoms with E-state index in [0.29, 0.717) is 40.4 Å². The van der Waals surface area contributed by atoms with Crippen LogP contribution in [-0.2, 0) is 19.6 Å². The topological polar surface area (TPSA) is 89.9 Å². The number of pyridine rings is 2. The summed E-state index contributed by atoms with van der Waals surface area (Å²) in [5, 5.41) is 5.29. The lowest BCUT2D eigenvalue weighted by Gasteiger charge is -2.40. The number of alkyl halides is 3. The van der Waals surface area contributed by atoms with Crippen LogP contribution in [0.1, 0.15) is 53.6 Å². The van der Waals surface area contributed by atoms with Crippen LogP contribution < -0.4 is 5.73 Å². The number of aromatic nitrogens is 4. The minimum atomic E-state index is -4.57. The van der Waals surface area contributed by atoms with Gasteiger partial charge in [-0.2, -0.15) is 18.3 Å². The number of fused-ring (bicyclic) bond motifs is 4. The molecule has 0 saturated carbocycles. The molecule has 0 unspecified atom stereocenters. The molecule has 0 bridgehead atoms. The summed E-state index contributed by atoms with van der Waals surface area (Å²) in [4.78, 5) is 23.1. The zero-order valence-corrected chi connectivity index (χ0v) is 20.1. The summed E-state index contributed by atoms with van der Waals surface area (Å²) in [6, 6.07) is 4.31. The molecule has 4 aromatic rings. The standard InChI is InChI=1S/C25H24F4N6O/c1-24(2)9-18-12(5-6-20(32-18)25(27,28)29)19(10-24)34(3)23(36)13-7-14-17(8-16(13)26)33-22(30)15-11-31-35(4)21(14)15/h5-8,11,19H,9-10H2,1-4H3,(H2,30,33)/t19-/m1/s1. The van der Waals surface area contributed by atoms with E-state index in [1.165, 1.54) is 24.1 Å². The fourth-order valence-corrected chi connectivity index (χ4v) is 5.09. The first-order chi connectivity index (χ1) is 16.8. The Labute approximate surface area is 203 Å². The van der Waals surface area contributed by atoms with E-state index in [9.17, 15) is 18.0 Å². The Bertz CT molecular complexity index is 1540. The van der Waals surface area contributed by atoms with Gasteiger partial charge in [-0.3, -0.25) is 9.48 Å². The monoisotopic (exact) mass is 500 g/mol. The Kier molecular flexibility index (Phi) is 5.24. The molecule has 0 radical (unpaired) electrons. The number of aryl methyl sites for hydroxylation is 1. The van der Waals surface area contributed by atoms with E-state index in [-0.39, 0.29) is 16.9 Å². The third-order valence-electron chi connectivity index (χ3n) is 6.87. The van der Waals surface area contributed by atoms with Crippen molar-refractivity contribution in [3.05, 3.63) is 58.8 Å². The number of hydrogen-bond donors (Lipinski definition) is 1. The minimum absolute atomic E-state index is 0.177. The number of halogens is 4. The van der Waals surface area contributed by atoms with Crippen LogP contribution in [0.4, 0.5) is 23.4 Å². The molecule has 1 aromatic carbocycles. The molecule has 36 heavy (non-hydrogen) atoms. The normalized spacial score (nSPS) is 17.4. The maximum atomic E-state index is 15.2. The largest absolute Gasteiger partial charge is 0.433 e. The van der Waals surface area contributed by atoms with Crippen molar-refractivity contribution in [2.24, 2.45) is 12.5 Å². The van der Waals surface area contributed by atoms with Gasteiger partial charge in [0, 0.05) is 31.2 Å². The van der Waals surface area contributed by atoms with Gasteiger partial charge in [0.25, 0.3) is 5.91 Å². The molecular formula is C25H24F4N6O. The average Bonchev–Trinajstić information content (AvgIpc) is 3.18. The number of anilines is 1. The highest BCUT2D eigenvalue weighted by atomic mass is 19.4. The summed E-state index contributed by atoms with van der Waals surface area (Å²) in [5.41, 5.74) is 6.15. The third-order valence-corrected chi connectivity index (χ3v) is 6.87. The molecule has 3 heterocycles. The van der Waals surface area contributed by atoms with Crippen LogP contribution >= 0.6 is 0 Å². The van der Waals surface area contributed by atoms with Crippen LogP contribution in [-0.4, -0.2) is 37.6 Å². The Morgan fingerprint density at radius 3 is 2.61 bits per heavy atom. The molecule has 7 nitrogen and oxygen atoms in total. The van der Waals surface area contributed by atoms with Crippen molar-refractivity contribution in [3.63, 3.8) is 0 Å². The second-order valence-corrected chi connectivity index (χ2v) is 10.1. The summed E-state index contributed by atoms with van der Waals surface area (Å²) in [6.07, 6.45) is -2.21. The molecule has 0 fully saturated rings. The van der Waals surface area contributed by atoms with E-state index in [1.807, 2.05) is 13.8 Å². The summed E-state index contributed by atoms with van der Waals surface area (Å²) in [6.45, 7) is 3.82. The number of benzene rings is 1. The lowest BCUT2D eigenvalue weighted by molar-refractivity contribution is -0.141. The molecule has 3 aromatic heterocycles. The third kappa shape index (κ3) is 3.82. The lowest BCUT2D eigenvalue weighted by Crippen LogP contribution is -2.39. The summed E-state index contributed by atoms with van der Waals surface area (Å²) in [7, 11) is 3.24. The number of nitrogens with two attached hydrogens (primary N) is 1. The first-order valence-electron chi connectivity index (χ1n) is 11.3. The second-order valence-electron chi connectivity index (χ2n) is 10.1. The second kappa shape index (κ2) is 7.87. The van der Waals surface area contributed by atoms with E-state index in [2.05, 4.69) is 15.1 Å². The number of nitrogen functional groups attached to an aromatic ring is 1. The van der Waals surface area contributed by atoms with Crippen LogP contribution in [0.15, 0.2) is 30.5 Å². The molecular weight excluding hydrogens is 476 g/mol. The molecule has 5 rings (SSSR count). The van der Waals surface area contributed by atoms with Crippen molar-refractivity contribution < 1.29 is 22.4 Å². The number of carbonyl (C=O) groups is 1. The van der Waals surface area contributed by atoms with Gasteiger partial charge in [-0.15, -0.1) is 0 Å². The predicted molar refractivity (Wildman–Crippen MR) is 127 cm³/mol. The smallest absolute Gasteiger partial charge is 0.383 e. The zero-order chi connectivity index (χ0) is 26.2. The number of hydrogen-bond acceptors (Lipinski definition) is 5. The van der Waals surface area contributed by atoms with Gasteiger partial charge in [-0.25, -0.2) is 14.4 Å². The van der Waals surface area contributed by atoms with Gasteiger partial charge in [0.15, 0.2) is 0 Å². The highest BCUT2D eigenvalue weighted by Gasteiger charge is 2.40. The van der Waals surface area contributed by atoms with Crippen molar-refractivity contribution in [2.45, 2.75) is 38.9 Å². The van der Waals surface area contributed by atoms with Gasteiger partial charge >= 0.3 is 6.18 Å². The summed E-state index contributed by atoms with van der Waals surface area (Å²) in [5.74, 6) is -1.17. The SMILES string of the molecule is CN(C(=O)c1cc2c(cc1F)nc(N)c1cnn(C)c12)[C@@H]1CC(C)(C)Cc2nc(C(F)(F)F)ccc21. The van der Waals surface area contributed by atoms with Crippen molar-refractivity contribution in [2.75, 3.05) is 12.8 Å². The van der Waals surface area contributed by atoms with Gasteiger partial charge in [-0.1, -0.05) is 19.9 Å². The Morgan fingerprint density at radius 2 is 1.92 bits per heavy atom. The molecule has 0 aliphatic heterocycles. The fraction of sp³-hybridized carbons (Fsp3) is 0.360. The minimum Gasteiger partial charge on any atom is -0.383 e. The molecule has 0 spiro atoms. The van der Waals surface area contributed by atoms with E-state index in [1.54, 1.807) is 17.9 Å². The Morgan fingerprint density at radius 1 is 1.19 bits per heavy atom. The van der Waals surface area contributed by atoms with Crippen molar-refractivity contribution in [3.8, 4) is 0 Å². The molecule has 11 heteroatoms. The summed E-state index contributed by atoms with van der Waals surface area (Å²) < 4.78 is 56.6. The molecule has 1 aliphatic carbocycles. The number of nitrogens with zero attached hydrogens (tertiary/aromatic N) is 5. The summed E-state index contributed by atoms with van der Waals surface area (Å²) >= 11 is 0. The fourth-order valence-electron chi connectivity index (χ4n) is 5.09. The first-order valence-corrected chi connectivity index (χ1v) is 11.3. The molecule has 1 aliphatic rings. The van der Waals surface area contributed by atoms with E-state index in [0.717, 1.165) is 12.1 Å². The molecule has 188 valence electrons. The maximum Gasteiger partial charge on any atom is 0.433 e. The predicted octanol–water partition coefficient (Wildman–Crippen LogP) is 5.04. The van der Waals surface area contributed by atoms with Crippen LogP contribution in [0.2, 0.25) is 0 Å². The zero-order valence-electron chi connectivity index (χ0n) is 20.1. The van der Waals surface area contributed by atoms with Crippen LogP contribution in [0.3, 0.4) is 0 Å². The number of rotatable bonds is 2. The van der Waals surface area contributed by atoms with E-state index in [4.69, 9.17) is 5.73 Å². The van der Waals surface area contributed by atoms with Crippen LogP contribution in [0.5, 0.6) is 0 Å². The molecule has 1 atom stereocenters. The van der Waals surface area contributed by atoms with Crippen LogP contribution in [0.25, 0.3) is 21.8 Å². The van der Waals surface area contributed by atoms with E-state index < -0.39 is 35.1 Å². The highest BCUT2D eigenvalue weighted by Crippen LogP contribution is 2.44. The Hall–Kier alpha value is -3.76. The average molecular weight is 501 g/mol.